The Morgan fingerprint density at radius 2 is 1.01 bits per heavy atom. The van der Waals surface area contributed by atoms with Crippen molar-refractivity contribution in [2.24, 2.45) is 0 Å². The first-order chi connectivity index (χ1) is 32.3. The summed E-state index contributed by atoms with van der Waals surface area (Å²) in [6.45, 7) is 11.7. The molecule has 0 aromatic carbocycles. The maximum absolute atomic E-state index is 13.7. The molecule has 1 unspecified atom stereocenters. The van der Waals surface area contributed by atoms with E-state index in [1.807, 2.05) is 32.4 Å². The van der Waals surface area contributed by atoms with Gasteiger partial charge in [0.05, 0.1) is 72.0 Å². The summed E-state index contributed by atoms with van der Waals surface area (Å²) in [5, 5.41) is 20.4. The van der Waals surface area contributed by atoms with Gasteiger partial charge in [-0.15, -0.1) is 19.3 Å². The number of ketones is 1. The van der Waals surface area contributed by atoms with E-state index in [0.717, 1.165) is 0 Å². The van der Waals surface area contributed by atoms with Crippen LogP contribution in [0.3, 0.4) is 0 Å². The molecule has 0 aliphatic heterocycles. The molecule has 1 atom stereocenters. The minimum atomic E-state index is -1.56. The number of hydrogen-bond acceptors (Lipinski definition) is 15. The fraction of sp³-hybridized carbons (Fsp3) is 0.745. The topological polar surface area (TPSA) is 234 Å². The van der Waals surface area contributed by atoms with Crippen molar-refractivity contribution < 1.29 is 61.4 Å². The van der Waals surface area contributed by atoms with Crippen LogP contribution in [0.2, 0.25) is 0 Å². The fourth-order valence-electron chi connectivity index (χ4n) is 6.24. The summed E-state index contributed by atoms with van der Waals surface area (Å²) in [6.07, 6.45) is 17.0. The van der Waals surface area contributed by atoms with Gasteiger partial charge in [-0.2, -0.15) is 5.26 Å². The number of carbonyl (C=O) groups is 5. The second-order valence-corrected chi connectivity index (χ2v) is 17.0. The molecule has 0 rings (SSSR count). The Hall–Kier alpha value is -4.21. The summed E-state index contributed by atoms with van der Waals surface area (Å²) in [5.74, 6) is 5.68. The summed E-state index contributed by atoms with van der Waals surface area (Å²) in [6, 6.07) is 2.21. The Balaban J connectivity index is 5.86. The van der Waals surface area contributed by atoms with Crippen molar-refractivity contribution in [3.05, 3.63) is 0 Å². The van der Waals surface area contributed by atoms with Gasteiger partial charge in [-0.05, 0) is 59.8 Å². The van der Waals surface area contributed by atoms with Crippen molar-refractivity contribution in [2.45, 2.75) is 122 Å². The molecule has 0 spiro atoms. The Labute approximate surface area is 400 Å². The first kappa shape index (κ1) is 62.8. The van der Waals surface area contributed by atoms with Gasteiger partial charge in [0, 0.05) is 75.8 Å². The van der Waals surface area contributed by atoms with Crippen LogP contribution in [0, 0.1) is 48.4 Å². The number of terminal acetylenes is 3. The standard InChI is InChI=1S/C47H77N6O13P/c1-8-26-59-33-36-62-29-12-14-42(54)17-20-47(21-18-44(56)49-24-31-63-37-34-60-27-9-2,22-19-45(57)50-25-32-64-38-35-61-28-10-3)52-46(58)16-11-15-43(55)51-39-66-67(65-30-13-23-48)53(40(4)5)41(6)7/h1-3,40-41H,11-22,24-39H2,4-7H3,(H,49,56)(H,50,57)(H,51,55)(H,52,58). The van der Waals surface area contributed by atoms with E-state index >= 15 is 0 Å². The van der Waals surface area contributed by atoms with Crippen molar-refractivity contribution in [1.29, 1.82) is 5.26 Å². The van der Waals surface area contributed by atoms with E-state index in [4.69, 9.17) is 62.0 Å². The van der Waals surface area contributed by atoms with E-state index in [0.29, 0.717) is 52.7 Å². The van der Waals surface area contributed by atoms with Crippen molar-refractivity contribution in [1.82, 2.24) is 25.9 Å². The van der Waals surface area contributed by atoms with Crippen LogP contribution in [-0.2, 0) is 61.4 Å². The zero-order valence-corrected chi connectivity index (χ0v) is 41.2. The monoisotopic (exact) mass is 965 g/mol. The van der Waals surface area contributed by atoms with Crippen LogP contribution in [0.25, 0.3) is 0 Å². The molecule has 20 heteroatoms. The smallest absolute Gasteiger partial charge is 0.261 e. The Kier molecular flexibility index (Phi) is 40.4. The van der Waals surface area contributed by atoms with Gasteiger partial charge in [0.2, 0.25) is 23.6 Å². The number of nitrogens with one attached hydrogen (secondary N) is 4. The molecule has 0 aliphatic rings. The predicted molar refractivity (Wildman–Crippen MR) is 253 cm³/mol. The number of Topliss-reactive ketones (excluding diaryl/α,β-unsaturated/α-hetero) is 1. The molecule has 0 heterocycles. The maximum atomic E-state index is 13.7. The average Bonchev–Trinajstić information content (AvgIpc) is 3.29. The number of nitrogens with zero attached hydrogens (tertiary/aromatic N) is 2. The van der Waals surface area contributed by atoms with Gasteiger partial charge in [0.1, 0.15) is 32.3 Å². The first-order valence-corrected chi connectivity index (χ1v) is 24.1. The SMILES string of the molecule is C#CCOCCOCCCC(=O)CCC(CCC(=O)NCCOCCOCC#C)(CCC(=O)NCCOCCOCC#C)NC(=O)CCCC(=O)NCOP(OCCC#N)N(C(C)C)C(C)C. The number of nitriles is 1. The highest BCUT2D eigenvalue weighted by atomic mass is 31.2. The maximum Gasteiger partial charge on any atom is 0.261 e. The number of ether oxygens (including phenoxy) is 6. The van der Waals surface area contributed by atoms with Crippen molar-refractivity contribution in [3.63, 3.8) is 0 Å². The van der Waals surface area contributed by atoms with E-state index in [1.54, 1.807) is 0 Å². The molecule has 0 saturated carbocycles. The molecular formula is C47H77N6O13P. The highest BCUT2D eigenvalue weighted by molar-refractivity contribution is 7.44. The van der Waals surface area contributed by atoms with Gasteiger partial charge in [-0.1, -0.05) is 17.8 Å². The molecule has 0 saturated heterocycles. The second-order valence-electron chi connectivity index (χ2n) is 15.6. The highest BCUT2D eigenvalue weighted by Gasteiger charge is 2.34. The van der Waals surface area contributed by atoms with Gasteiger partial charge in [0.15, 0.2) is 0 Å². The Bertz CT molecular complexity index is 1420. The van der Waals surface area contributed by atoms with E-state index in [9.17, 15) is 24.0 Å². The lowest BCUT2D eigenvalue weighted by molar-refractivity contribution is -0.127. The molecule has 67 heavy (non-hydrogen) atoms. The van der Waals surface area contributed by atoms with Gasteiger partial charge in [-0.3, -0.25) is 24.0 Å². The minimum Gasteiger partial charge on any atom is -0.379 e. The van der Waals surface area contributed by atoms with E-state index in [1.165, 1.54) is 0 Å². The molecule has 0 bridgehead atoms. The van der Waals surface area contributed by atoms with Crippen LogP contribution in [-0.4, -0.2) is 157 Å². The van der Waals surface area contributed by atoms with E-state index < -0.39 is 20.0 Å². The summed E-state index contributed by atoms with van der Waals surface area (Å²) in [5.41, 5.74) is -1.14. The molecule has 4 amide bonds. The number of carbonyl (C=O) groups excluding carboxylic acids is 5. The van der Waals surface area contributed by atoms with Crippen LogP contribution in [0.15, 0.2) is 0 Å². The Morgan fingerprint density at radius 3 is 1.51 bits per heavy atom. The van der Waals surface area contributed by atoms with Crippen molar-refractivity contribution >= 4 is 37.9 Å². The second kappa shape index (κ2) is 43.1. The van der Waals surface area contributed by atoms with Gasteiger partial charge >= 0.3 is 0 Å². The summed E-state index contributed by atoms with van der Waals surface area (Å²) in [7, 11) is -1.56. The number of rotatable bonds is 45. The molecule has 0 aromatic rings. The molecular weight excluding hydrogens is 888 g/mol. The summed E-state index contributed by atoms with van der Waals surface area (Å²) in [4.78, 5) is 66.1. The summed E-state index contributed by atoms with van der Waals surface area (Å²) < 4.78 is 45.9. The number of hydrogen-bond donors (Lipinski definition) is 4. The third-order valence-electron chi connectivity index (χ3n) is 9.42. The van der Waals surface area contributed by atoms with Crippen molar-refractivity contribution in [3.8, 4) is 43.1 Å². The lowest BCUT2D eigenvalue weighted by atomic mass is 9.82. The number of amides is 4. The van der Waals surface area contributed by atoms with Gasteiger partial charge in [0.25, 0.3) is 8.53 Å². The lowest BCUT2D eigenvalue weighted by Crippen LogP contribution is -2.50. The van der Waals surface area contributed by atoms with Crippen LogP contribution in [0.5, 0.6) is 0 Å². The summed E-state index contributed by atoms with van der Waals surface area (Å²) >= 11 is 0. The van der Waals surface area contributed by atoms with E-state index in [2.05, 4.69) is 45.1 Å². The largest absolute Gasteiger partial charge is 0.379 e. The van der Waals surface area contributed by atoms with Crippen LogP contribution in [0.4, 0.5) is 0 Å². The third kappa shape index (κ3) is 36.5. The molecule has 4 N–H and O–H groups in total. The van der Waals surface area contributed by atoms with Crippen LogP contribution in [0.1, 0.15) is 105 Å². The molecule has 0 radical (unpaired) electrons. The zero-order chi connectivity index (χ0) is 49.8. The Morgan fingerprint density at radius 1 is 0.552 bits per heavy atom. The molecule has 378 valence electrons. The van der Waals surface area contributed by atoms with Gasteiger partial charge in [-0.25, -0.2) is 4.67 Å². The van der Waals surface area contributed by atoms with Crippen LogP contribution >= 0.6 is 8.53 Å². The zero-order valence-electron chi connectivity index (χ0n) is 40.3. The first-order valence-electron chi connectivity index (χ1n) is 22.9. The quantitative estimate of drug-likeness (QED) is 0.0297. The third-order valence-corrected chi connectivity index (χ3v) is 11.5. The lowest BCUT2D eigenvalue weighted by Gasteiger charge is -2.35. The van der Waals surface area contributed by atoms with Crippen LogP contribution < -0.4 is 21.3 Å². The molecule has 0 aliphatic carbocycles. The molecule has 0 aromatic heterocycles. The fourth-order valence-corrected chi connectivity index (χ4v) is 7.75. The molecule has 0 fully saturated rings. The minimum absolute atomic E-state index is 0.00663. The van der Waals surface area contributed by atoms with Gasteiger partial charge < -0.3 is 58.7 Å². The predicted octanol–water partition coefficient (Wildman–Crippen LogP) is 3.30. The average molecular weight is 965 g/mol. The molecule has 19 nitrogen and oxygen atoms in total. The van der Waals surface area contributed by atoms with E-state index in [-0.39, 0.29) is 166 Å². The normalized spacial score (nSPS) is 11.6. The van der Waals surface area contributed by atoms with Crippen molar-refractivity contribution in [2.75, 3.05) is 106 Å². The highest BCUT2D eigenvalue weighted by Crippen LogP contribution is 2.45.